The van der Waals surface area contributed by atoms with E-state index in [2.05, 4.69) is 0 Å². The Bertz CT molecular complexity index is 931. The van der Waals surface area contributed by atoms with Crippen molar-refractivity contribution in [2.75, 3.05) is 0 Å². The van der Waals surface area contributed by atoms with Crippen LogP contribution >= 0.6 is 0 Å². The minimum Gasteiger partial charge on any atom is -0.508 e. The average Bonchev–Trinajstić information content (AvgIpc) is 2.69. The molecule has 0 heterocycles. The van der Waals surface area contributed by atoms with Gasteiger partial charge in [-0.3, -0.25) is 4.79 Å². The zero-order valence-corrected chi connectivity index (χ0v) is 14.4. The number of carbonyl (C=O) groups is 1. The lowest BCUT2D eigenvalue weighted by Gasteiger charge is -2.25. The van der Waals surface area contributed by atoms with Crippen LogP contribution in [-0.4, -0.2) is 10.9 Å². The molecule has 3 nitrogen and oxygen atoms in total. The Balaban J connectivity index is 1.61. The Labute approximate surface area is 152 Å². The Hall–Kier alpha value is -3.07. The zero-order valence-electron chi connectivity index (χ0n) is 14.4. The lowest BCUT2D eigenvalue weighted by Crippen LogP contribution is -2.21. The van der Waals surface area contributed by atoms with Gasteiger partial charge in [0.1, 0.15) is 18.1 Å². The van der Waals surface area contributed by atoms with Gasteiger partial charge in [-0.15, -0.1) is 0 Å². The van der Waals surface area contributed by atoms with E-state index in [1.54, 1.807) is 18.2 Å². The van der Waals surface area contributed by atoms with Crippen molar-refractivity contribution in [1.82, 2.24) is 0 Å². The summed E-state index contributed by atoms with van der Waals surface area (Å²) in [5, 5.41) is 10.0. The monoisotopic (exact) mass is 344 g/mol. The van der Waals surface area contributed by atoms with E-state index in [0.717, 1.165) is 22.4 Å². The first-order chi connectivity index (χ1) is 12.7. The summed E-state index contributed by atoms with van der Waals surface area (Å²) in [7, 11) is 0. The molecule has 3 aromatic rings. The number of aromatic hydroxyl groups is 1. The molecule has 0 amide bonds. The predicted octanol–water partition coefficient (Wildman–Crippen LogP) is 4.88. The van der Waals surface area contributed by atoms with E-state index in [0.29, 0.717) is 25.0 Å². The van der Waals surface area contributed by atoms with Crippen LogP contribution < -0.4 is 4.74 Å². The van der Waals surface area contributed by atoms with E-state index in [-0.39, 0.29) is 17.5 Å². The van der Waals surface area contributed by atoms with Crippen LogP contribution in [0.3, 0.4) is 0 Å². The first-order valence-corrected chi connectivity index (χ1v) is 8.85. The van der Waals surface area contributed by atoms with Crippen molar-refractivity contribution >= 4 is 5.78 Å². The molecule has 0 unspecified atom stereocenters. The maximum absolute atomic E-state index is 13.0. The molecule has 1 atom stereocenters. The Morgan fingerprint density at radius 1 is 0.923 bits per heavy atom. The third kappa shape index (κ3) is 3.08. The summed E-state index contributed by atoms with van der Waals surface area (Å²) in [6.45, 7) is 0.468. The summed E-state index contributed by atoms with van der Waals surface area (Å²) in [6.07, 6.45) is 1.36. The lowest BCUT2D eigenvalue weighted by atomic mass is 9.78. The lowest BCUT2D eigenvalue weighted by molar-refractivity contribution is 0.0943. The molecule has 1 N–H and O–H groups in total. The molecule has 0 aromatic heterocycles. The molecule has 130 valence electrons. The van der Waals surface area contributed by atoms with E-state index in [9.17, 15) is 9.90 Å². The second-order valence-electron chi connectivity index (χ2n) is 6.57. The molecule has 0 radical (unpaired) electrons. The van der Waals surface area contributed by atoms with Crippen molar-refractivity contribution in [2.24, 2.45) is 0 Å². The molecule has 3 aromatic carbocycles. The Morgan fingerprint density at radius 2 is 1.69 bits per heavy atom. The van der Waals surface area contributed by atoms with Gasteiger partial charge in [-0.25, -0.2) is 0 Å². The molecule has 0 saturated heterocycles. The van der Waals surface area contributed by atoms with Gasteiger partial charge in [0.05, 0.1) is 5.92 Å². The van der Waals surface area contributed by atoms with E-state index < -0.39 is 0 Å². The number of carbonyl (C=O) groups excluding carboxylic acids is 1. The largest absolute Gasteiger partial charge is 0.508 e. The topological polar surface area (TPSA) is 46.5 Å². The van der Waals surface area contributed by atoms with Gasteiger partial charge in [-0.05, 0) is 30.5 Å². The molecule has 0 saturated carbocycles. The number of phenolic OH excluding ortho intramolecular Hbond substituents is 1. The fraction of sp³-hybridized carbons (Fsp3) is 0.174. The van der Waals surface area contributed by atoms with Gasteiger partial charge >= 0.3 is 0 Å². The standard InChI is InChI=1S/C23H20O3/c24-21-11-6-10-19-17(21)13-14-20(23(19)25)18-9-4-5-12-22(18)26-15-16-7-2-1-3-8-16/h1-12,20,24H,13-15H2/t20-/m1/s1. The molecular weight excluding hydrogens is 324 g/mol. The predicted molar refractivity (Wildman–Crippen MR) is 101 cm³/mol. The Morgan fingerprint density at radius 3 is 2.54 bits per heavy atom. The van der Waals surface area contributed by atoms with Gasteiger partial charge in [-0.2, -0.15) is 0 Å². The van der Waals surface area contributed by atoms with Gasteiger partial charge in [0, 0.05) is 16.7 Å². The highest BCUT2D eigenvalue weighted by atomic mass is 16.5. The summed E-state index contributed by atoms with van der Waals surface area (Å²) >= 11 is 0. The summed E-state index contributed by atoms with van der Waals surface area (Å²) < 4.78 is 6.03. The van der Waals surface area contributed by atoms with Crippen LogP contribution in [0, 0.1) is 0 Å². The number of ketones is 1. The molecule has 26 heavy (non-hydrogen) atoms. The smallest absolute Gasteiger partial charge is 0.170 e. The van der Waals surface area contributed by atoms with Crippen molar-refractivity contribution < 1.29 is 14.6 Å². The van der Waals surface area contributed by atoms with E-state index in [4.69, 9.17) is 4.74 Å². The molecule has 1 aliphatic carbocycles. The summed E-state index contributed by atoms with van der Waals surface area (Å²) in [4.78, 5) is 13.0. The molecule has 0 fully saturated rings. The van der Waals surface area contributed by atoms with Gasteiger partial charge in [0.15, 0.2) is 5.78 Å². The van der Waals surface area contributed by atoms with Crippen LogP contribution in [0.15, 0.2) is 72.8 Å². The highest BCUT2D eigenvalue weighted by molar-refractivity contribution is 6.04. The van der Waals surface area contributed by atoms with E-state index >= 15 is 0 Å². The summed E-state index contributed by atoms with van der Waals surface area (Å²) in [5.41, 5.74) is 3.39. The number of para-hydroxylation sites is 1. The molecule has 4 rings (SSSR count). The van der Waals surface area contributed by atoms with Crippen LogP contribution in [0.4, 0.5) is 0 Å². The molecule has 3 heteroatoms. The molecule has 0 bridgehead atoms. The SMILES string of the molecule is O=C1c2cccc(O)c2CC[C@@H]1c1ccccc1OCc1ccccc1. The zero-order chi connectivity index (χ0) is 17.9. The van der Waals surface area contributed by atoms with Crippen LogP contribution in [0.25, 0.3) is 0 Å². The summed E-state index contributed by atoms with van der Waals surface area (Å²) in [6, 6.07) is 22.9. The van der Waals surface area contributed by atoms with Gasteiger partial charge in [-0.1, -0.05) is 60.7 Å². The number of ether oxygens (including phenoxy) is 1. The highest BCUT2D eigenvalue weighted by Gasteiger charge is 2.31. The van der Waals surface area contributed by atoms with Crippen molar-refractivity contribution in [3.63, 3.8) is 0 Å². The fourth-order valence-corrected chi connectivity index (χ4v) is 3.61. The third-order valence-corrected chi connectivity index (χ3v) is 4.95. The van der Waals surface area contributed by atoms with Crippen LogP contribution in [-0.2, 0) is 13.0 Å². The average molecular weight is 344 g/mol. The van der Waals surface area contributed by atoms with Crippen LogP contribution in [0.5, 0.6) is 11.5 Å². The second-order valence-corrected chi connectivity index (χ2v) is 6.57. The van der Waals surface area contributed by atoms with Gasteiger partial charge < -0.3 is 9.84 Å². The van der Waals surface area contributed by atoms with Crippen molar-refractivity contribution in [3.8, 4) is 11.5 Å². The number of Topliss-reactive ketones (excluding diaryl/α,β-unsaturated/α-hetero) is 1. The quantitative estimate of drug-likeness (QED) is 0.733. The van der Waals surface area contributed by atoms with Crippen molar-refractivity contribution in [2.45, 2.75) is 25.4 Å². The molecule has 1 aliphatic rings. The second kappa shape index (κ2) is 7.04. The van der Waals surface area contributed by atoms with E-state index in [1.165, 1.54) is 0 Å². The molecule has 0 spiro atoms. The summed E-state index contributed by atoms with van der Waals surface area (Å²) in [5.74, 6) is 0.774. The number of hydrogen-bond donors (Lipinski definition) is 1. The number of hydrogen-bond acceptors (Lipinski definition) is 3. The van der Waals surface area contributed by atoms with Crippen LogP contribution in [0.1, 0.15) is 39.4 Å². The fourth-order valence-electron chi connectivity index (χ4n) is 3.61. The molecule has 0 aliphatic heterocycles. The maximum Gasteiger partial charge on any atom is 0.170 e. The number of phenols is 1. The van der Waals surface area contributed by atoms with Crippen LogP contribution in [0.2, 0.25) is 0 Å². The normalized spacial score (nSPS) is 16.2. The molecular formula is C23H20O3. The highest BCUT2D eigenvalue weighted by Crippen LogP contribution is 2.39. The van der Waals surface area contributed by atoms with Gasteiger partial charge in [0.25, 0.3) is 0 Å². The van der Waals surface area contributed by atoms with Crippen molar-refractivity contribution in [1.29, 1.82) is 0 Å². The first-order valence-electron chi connectivity index (χ1n) is 8.85. The number of benzene rings is 3. The Kier molecular flexibility index (Phi) is 4.44. The minimum absolute atomic E-state index is 0.0536. The third-order valence-electron chi connectivity index (χ3n) is 4.95. The minimum atomic E-state index is -0.240. The van der Waals surface area contributed by atoms with Gasteiger partial charge in [0.2, 0.25) is 0 Å². The maximum atomic E-state index is 13.0. The van der Waals surface area contributed by atoms with E-state index in [1.807, 2.05) is 54.6 Å². The van der Waals surface area contributed by atoms with Crippen molar-refractivity contribution in [3.05, 3.63) is 95.1 Å². The number of rotatable bonds is 4. The number of fused-ring (bicyclic) bond motifs is 1. The first kappa shape index (κ1) is 16.4.